The zero-order chi connectivity index (χ0) is 21.3. The van der Waals surface area contributed by atoms with Gasteiger partial charge in [0.1, 0.15) is 6.67 Å². The smallest absolute Gasteiger partial charge is 0.261 e. The summed E-state index contributed by atoms with van der Waals surface area (Å²) in [5.41, 5.74) is 0.958. The predicted molar refractivity (Wildman–Crippen MR) is 116 cm³/mol. The fourth-order valence-corrected chi connectivity index (χ4v) is 6.17. The van der Waals surface area contributed by atoms with E-state index in [0.29, 0.717) is 28.1 Å². The number of anilines is 1. The molecule has 1 saturated heterocycles. The minimum atomic E-state index is -0.337. The number of likely N-dealkylation sites (tertiary alicyclic amines) is 1. The number of carbonyl (C=O) groups excluding carboxylic acids is 3. The Morgan fingerprint density at radius 3 is 2.10 bits per heavy atom. The molecular formula is C25H21ClN2O3. The van der Waals surface area contributed by atoms with E-state index in [1.54, 1.807) is 36.4 Å². The van der Waals surface area contributed by atoms with Gasteiger partial charge in [-0.05, 0) is 54.4 Å². The second-order valence-electron chi connectivity index (χ2n) is 8.95. The zero-order valence-corrected chi connectivity index (χ0v) is 17.5. The highest BCUT2D eigenvalue weighted by Gasteiger charge is 2.67. The van der Waals surface area contributed by atoms with E-state index in [1.807, 2.05) is 18.2 Å². The monoisotopic (exact) mass is 432 g/mol. The van der Waals surface area contributed by atoms with Crippen molar-refractivity contribution in [2.75, 3.05) is 11.6 Å². The molecule has 6 heteroatoms. The van der Waals surface area contributed by atoms with Gasteiger partial charge in [0.2, 0.25) is 11.8 Å². The Morgan fingerprint density at radius 1 is 0.903 bits per heavy atom. The van der Waals surface area contributed by atoms with Gasteiger partial charge in [0, 0.05) is 5.69 Å². The van der Waals surface area contributed by atoms with Crippen molar-refractivity contribution < 1.29 is 14.4 Å². The molecular weight excluding hydrogens is 412 g/mol. The molecule has 2 aromatic carbocycles. The fraction of sp³-hybridized carbons (Fsp3) is 0.320. The Morgan fingerprint density at radius 2 is 1.48 bits per heavy atom. The average molecular weight is 433 g/mol. The van der Waals surface area contributed by atoms with Crippen LogP contribution in [0.25, 0.3) is 0 Å². The van der Waals surface area contributed by atoms with Gasteiger partial charge in [0.25, 0.3) is 5.91 Å². The summed E-state index contributed by atoms with van der Waals surface area (Å²) in [6.07, 6.45) is 5.42. The van der Waals surface area contributed by atoms with Gasteiger partial charge < -0.3 is 0 Å². The van der Waals surface area contributed by atoms with E-state index in [-0.39, 0.29) is 48.1 Å². The molecule has 31 heavy (non-hydrogen) atoms. The highest BCUT2D eigenvalue weighted by molar-refractivity contribution is 6.34. The molecule has 3 amide bonds. The standard InChI is InChI=1S/C25H21ClN2O3/c26-20-9-5-4-8-17(20)23(29)27(14-6-2-1-3-7-14)13-28-24(30)21-15-10-11-16(19-12-18(15)19)22(21)25(28)31/h1-11,15-16,18-19,21-22H,12-13H2/t15-,16-,18-,19+,21+,22-/m1/s1. The number of imide groups is 1. The first kappa shape index (κ1) is 18.8. The van der Waals surface area contributed by atoms with Crippen LogP contribution >= 0.6 is 11.6 Å². The molecule has 1 aliphatic heterocycles. The van der Waals surface area contributed by atoms with E-state index in [0.717, 1.165) is 6.42 Å². The van der Waals surface area contributed by atoms with Crippen molar-refractivity contribution in [3.05, 3.63) is 77.3 Å². The van der Waals surface area contributed by atoms with Gasteiger partial charge in [-0.1, -0.05) is 54.1 Å². The summed E-state index contributed by atoms with van der Waals surface area (Å²) >= 11 is 6.29. The van der Waals surface area contributed by atoms with Crippen LogP contribution in [0, 0.1) is 35.5 Å². The molecule has 4 aliphatic carbocycles. The van der Waals surface area contributed by atoms with E-state index >= 15 is 0 Å². The lowest BCUT2D eigenvalue weighted by Crippen LogP contribution is -2.45. The number of hydrogen-bond acceptors (Lipinski definition) is 3. The third-order valence-corrected chi connectivity index (χ3v) is 7.78. The number of para-hydroxylation sites is 1. The first-order valence-electron chi connectivity index (χ1n) is 10.7. The molecule has 0 aromatic heterocycles. The zero-order valence-electron chi connectivity index (χ0n) is 16.7. The Labute approximate surface area is 185 Å². The number of allylic oxidation sites excluding steroid dienone is 2. The van der Waals surface area contributed by atoms with Gasteiger partial charge in [0.15, 0.2) is 0 Å². The number of nitrogens with zero attached hydrogens (tertiary/aromatic N) is 2. The van der Waals surface area contributed by atoms with Crippen LogP contribution < -0.4 is 4.90 Å². The topological polar surface area (TPSA) is 57.7 Å². The van der Waals surface area contributed by atoms with E-state index in [4.69, 9.17) is 11.6 Å². The molecule has 0 spiro atoms. The Hall–Kier alpha value is -2.92. The lowest BCUT2D eigenvalue weighted by atomic mass is 9.63. The molecule has 0 N–H and O–H groups in total. The summed E-state index contributed by atoms with van der Waals surface area (Å²) in [5, 5.41) is 0.337. The van der Waals surface area contributed by atoms with Crippen molar-refractivity contribution in [3.8, 4) is 0 Å². The van der Waals surface area contributed by atoms with Crippen LogP contribution in [0.3, 0.4) is 0 Å². The van der Waals surface area contributed by atoms with Crippen molar-refractivity contribution in [3.63, 3.8) is 0 Å². The van der Waals surface area contributed by atoms with Crippen LogP contribution in [0.5, 0.6) is 0 Å². The quantitative estimate of drug-likeness (QED) is 0.542. The minimum absolute atomic E-state index is 0.104. The number of benzene rings is 2. The molecule has 5 aliphatic rings. The molecule has 7 rings (SSSR count). The maximum Gasteiger partial charge on any atom is 0.261 e. The highest BCUT2D eigenvalue weighted by atomic mass is 35.5. The predicted octanol–water partition coefficient (Wildman–Crippen LogP) is 4.00. The molecule has 2 saturated carbocycles. The highest BCUT2D eigenvalue weighted by Crippen LogP contribution is 2.65. The van der Waals surface area contributed by atoms with E-state index in [2.05, 4.69) is 12.2 Å². The maximum atomic E-state index is 13.5. The Bertz CT molecular complexity index is 1090. The summed E-state index contributed by atoms with van der Waals surface area (Å²) in [4.78, 5) is 43.0. The molecule has 0 unspecified atom stereocenters. The molecule has 156 valence electrons. The molecule has 2 aromatic rings. The number of hydrogen-bond donors (Lipinski definition) is 0. The normalized spacial score (nSPS) is 32.1. The van der Waals surface area contributed by atoms with Crippen LogP contribution in [-0.2, 0) is 9.59 Å². The van der Waals surface area contributed by atoms with E-state index in [9.17, 15) is 14.4 Å². The second-order valence-corrected chi connectivity index (χ2v) is 9.36. The molecule has 6 atom stereocenters. The Balaban J connectivity index is 1.35. The maximum absolute atomic E-state index is 13.5. The van der Waals surface area contributed by atoms with Crippen LogP contribution in [0.2, 0.25) is 5.02 Å². The number of halogens is 1. The summed E-state index contributed by atoms with van der Waals surface area (Å²) in [6.45, 7) is -0.104. The molecule has 2 bridgehead atoms. The largest absolute Gasteiger partial charge is 0.290 e. The third kappa shape index (κ3) is 2.72. The van der Waals surface area contributed by atoms with Gasteiger partial charge in [-0.2, -0.15) is 0 Å². The minimum Gasteiger partial charge on any atom is -0.290 e. The van der Waals surface area contributed by atoms with Gasteiger partial charge in [-0.25, -0.2) is 0 Å². The van der Waals surface area contributed by atoms with Crippen LogP contribution in [0.1, 0.15) is 16.8 Å². The number of rotatable bonds is 4. The number of amides is 3. The summed E-state index contributed by atoms with van der Waals surface area (Å²) in [7, 11) is 0. The first-order chi connectivity index (χ1) is 15.1. The summed E-state index contributed by atoms with van der Waals surface area (Å²) in [5.74, 6) is 0.220. The first-order valence-corrected chi connectivity index (χ1v) is 11.1. The van der Waals surface area contributed by atoms with Gasteiger partial charge in [0.05, 0.1) is 22.4 Å². The van der Waals surface area contributed by atoms with Gasteiger partial charge in [-0.3, -0.25) is 24.2 Å². The summed E-state index contributed by atoms with van der Waals surface area (Å²) in [6, 6.07) is 15.9. The molecule has 1 heterocycles. The van der Waals surface area contributed by atoms with Gasteiger partial charge in [-0.15, -0.1) is 0 Å². The van der Waals surface area contributed by atoms with E-state index < -0.39 is 0 Å². The van der Waals surface area contributed by atoms with Crippen molar-refractivity contribution >= 4 is 35.0 Å². The lowest BCUT2D eigenvalue weighted by Gasteiger charge is -2.37. The molecule has 0 radical (unpaired) electrons. The number of carbonyl (C=O) groups is 3. The molecule has 5 nitrogen and oxygen atoms in total. The lowest BCUT2D eigenvalue weighted by molar-refractivity contribution is -0.140. The molecule has 3 fully saturated rings. The van der Waals surface area contributed by atoms with Crippen molar-refractivity contribution in [2.24, 2.45) is 35.5 Å². The Kier molecular flexibility index (Phi) is 4.12. The van der Waals surface area contributed by atoms with Crippen molar-refractivity contribution in [1.82, 2.24) is 4.90 Å². The van der Waals surface area contributed by atoms with Crippen molar-refractivity contribution in [1.29, 1.82) is 0 Å². The van der Waals surface area contributed by atoms with Crippen LogP contribution in [0.4, 0.5) is 5.69 Å². The SMILES string of the molecule is O=C1[C@@H]2[C@@H]3C=C[C@H]([C@H]4C[C@@H]34)[C@@H]2C(=O)N1CN(C(=O)c1ccccc1Cl)c1ccccc1. The van der Waals surface area contributed by atoms with Crippen LogP contribution in [0.15, 0.2) is 66.7 Å². The van der Waals surface area contributed by atoms with Crippen LogP contribution in [-0.4, -0.2) is 29.3 Å². The summed E-state index contributed by atoms with van der Waals surface area (Å²) < 4.78 is 0. The fourth-order valence-electron chi connectivity index (χ4n) is 5.95. The van der Waals surface area contributed by atoms with E-state index in [1.165, 1.54) is 9.80 Å². The van der Waals surface area contributed by atoms with Crippen molar-refractivity contribution in [2.45, 2.75) is 6.42 Å². The average Bonchev–Trinajstić information content (AvgIpc) is 3.58. The second kappa shape index (κ2) is 6.79. The third-order valence-electron chi connectivity index (χ3n) is 7.45. The van der Waals surface area contributed by atoms with Gasteiger partial charge >= 0.3 is 0 Å².